The lowest BCUT2D eigenvalue weighted by Gasteiger charge is -2.34. The molecule has 0 spiro atoms. The minimum atomic E-state index is -0.203. The maximum absolute atomic E-state index is 9.62. The van der Waals surface area contributed by atoms with Crippen LogP contribution in [0.15, 0.2) is 24.7 Å². The highest BCUT2D eigenvalue weighted by Gasteiger charge is 2.24. The molecule has 0 amide bonds. The first kappa shape index (κ1) is 11.5. The molecule has 5 nitrogen and oxygen atoms in total. The minimum Gasteiger partial charge on any atom is -0.393 e. The van der Waals surface area contributed by atoms with Crippen molar-refractivity contribution in [1.82, 2.24) is 14.6 Å². The number of fused-ring (bicyclic) bond motifs is 1. The van der Waals surface area contributed by atoms with Crippen LogP contribution < -0.4 is 4.90 Å². The number of nitrogens with zero attached hydrogens (tertiary/aromatic N) is 4. The van der Waals surface area contributed by atoms with Crippen molar-refractivity contribution in [1.29, 1.82) is 0 Å². The molecule has 1 aliphatic rings. The molecule has 2 aromatic heterocycles. The zero-order valence-electron chi connectivity index (χ0n) is 10.5. The van der Waals surface area contributed by atoms with Crippen LogP contribution in [0.5, 0.6) is 0 Å². The fraction of sp³-hybridized carbons (Fsp3) is 0.538. The van der Waals surface area contributed by atoms with Crippen LogP contribution in [-0.4, -0.2) is 38.9 Å². The molecule has 1 unspecified atom stereocenters. The van der Waals surface area contributed by atoms with Gasteiger partial charge in [-0.15, -0.1) is 0 Å². The molecule has 3 rings (SSSR count). The molecule has 0 aromatic carbocycles. The zero-order chi connectivity index (χ0) is 12.5. The van der Waals surface area contributed by atoms with Gasteiger partial charge in [-0.1, -0.05) is 0 Å². The molecule has 1 N–H and O–H groups in total. The fourth-order valence-corrected chi connectivity index (χ4v) is 2.68. The second-order valence-corrected chi connectivity index (χ2v) is 4.98. The molecular formula is C13H18N4O. The smallest absolute Gasteiger partial charge is 0.154 e. The summed E-state index contributed by atoms with van der Waals surface area (Å²) < 4.78 is 1.85. The molecule has 18 heavy (non-hydrogen) atoms. The van der Waals surface area contributed by atoms with Gasteiger partial charge in [-0.3, -0.25) is 0 Å². The van der Waals surface area contributed by atoms with Gasteiger partial charge < -0.3 is 10.0 Å². The number of hydrogen-bond donors (Lipinski definition) is 1. The quantitative estimate of drug-likeness (QED) is 0.868. The normalized spacial score (nSPS) is 19.3. The molecule has 2 aromatic rings. The van der Waals surface area contributed by atoms with E-state index in [0.717, 1.165) is 37.3 Å². The van der Waals surface area contributed by atoms with Gasteiger partial charge in [0.1, 0.15) is 5.52 Å². The van der Waals surface area contributed by atoms with Crippen LogP contribution in [0.2, 0.25) is 0 Å². The monoisotopic (exact) mass is 246 g/mol. The first-order valence-corrected chi connectivity index (χ1v) is 6.47. The van der Waals surface area contributed by atoms with Gasteiger partial charge in [-0.25, -0.2) is 9.50 Å². The Bertz CT molecular complexity index is 529. The van der Waals surface area contributed by atoms with Gasteiger partial charge in [0.15, 0.2) is 5.82 Å². The predicted molar refractivity (Wildman–Crippen MR) is 69.6 cm³/mol. The molecule has 1 fully saturated rings. The van der Waals surface area contributed by atoms with Crippen LogP contribution in [-0.2, 0) is 0 Å². The van der Waals surface area contributed by atoms with Crippen molar-refractivity contribution < 1.29 is 5.11 Å². The average Bonchev–Trinajstić information content (AvgIpc) is 2.87. The average molecular weight is 246 g/mol. The summed E-state index contributed by atoms with van der Waals surface area (Å²) in [5, 5.41) is 13.9. The molecule has 1 aliphatic heterocycles. The molecule has 1 saturated heterocycles. The van der Waals surface area contributed by atoms with E-state index in [1.165, 1.54) is 0 Å². The molecular weight excluding hydrogens is 228 g/mol. The number of hydrogen-bond acceptors (Lipinski definition) is 4. The predicted octanol–water partition coefficient (Wildman–Crippen LogP) is 1.33. The number of aliphatic hydroxyl groups excluding tert-OH is 1. The van der Waals surface area contributed by atoms with Crippen molar-refractivity contribution in [2.24, 2.45) is 5.92 Å². The number of piperidine rings is 1. The zero-order valence-corrected chi connectivity index (χ0v) is 10.5. The second kappa shape index (κ2) is 4.57. The van der Waals surface area contributed by atoms with Crippen molar-refractivity contribution in [3.63, 3.8) is 0 Å². The molecule has 0 saturated carbocycles. The van der Waals surface area contributed by atoms with Gasteiger partial charge in [-0.2, -0.15) is 5.10 Å². The molecule has 3 heterocycles. The summed E-state index contributed by atoms with van der Waals surface area (Å²) in [4.78, 5) is 6.76. The van der Waals surface area contributed by atoms with Crippen LogP contribution in [0.3, 0.4) is 0 Å². The molecule has 0 aliphatic carbocycles. The van der Waals surface area contributed by atoms with Crippen LogP contribution in [0.4, 0.5) is 5.82 Å². The molecule has 96 valence electrons. The van der Waals surface area contributed by atoms with Gasteiger partial charge in [0, 0.05) is 25.5 Å². The summed E-state index contributed by atoms with van der Waals surface area (Å²) in [6.45, 7) is 3.79. The third-order valence-corrected chi connectivity index (χ3v) is 3.83. The minimum absolute atomic E-state index is 0.203. The standard InChI is InChI=1S/C13H18N4O/c1-10(18)11-3-7-16(8-4-11)13-12-2-5-15-17(12)9-6-14-13/h2,5-6,9-11,18H,3-4,7-8H2,1H3. The Morgan fingerprint density at radius 3 is 2.83 bits per heavy atom. The van der Waals surface area contributed by atoms with E-state index in [-0.39, 0.29) is 6.10 Å². The van der Waals surface area contributed by atoms with Gasteiger partial charge in [0.2, 0.25) is 0 Å². The van der Waals surface area contributed by atoms with Crippen LogP contribution >= 0.6 is 0 Å². The van der Waals surface area contributed by atoms with E-state index in [0.29, 0.717) is 5.92 Å². The molecule has 0 bridgehead atoms. The Labute approximate surface area is 106 Å². The summed E-state index contributed by atoms with van der Waals surface area (Å²) in [6, 6.07) is 1.99. The van der Waals surface area contributed by atoms with E-state index >= 15 is 0 Å². The highest BCUT2D eigenvalue weighted by Crippen LogP contribution is 2.26. The van der Waals surface area contributed by atoms with Crippen molar-refractivity contribution in [3.05, 3.63) is 24.7 Å². The van der Waals surface area contributed by atoms with E-state index in [1.54, 1.807) is 12.4 Å². The Morgan fingerprint density at radius 2 is 2.11 bits per heavy atom. The maximum Gasteiger partial charge on any atom is 0.154 e. The largest absolute Gasteiger partial charge is 0.393 e. The van der Waals surface area contributed by atoms with Crippen LogP contribution in [0, 0.1) is 5.92 Å². The SMILES string of the molecule is CC(O)C1CCN(c2nccn3nccc23)CC1. The van der Waals surface area contributed by atoms with Gasteiger partial charge >= 0.3 is 0 Å². The summed E-state index contributed by atoms with van der Waals surface area (Å²) in [6.07, 6.45) is 7.29. The number of anilines is 1. The van der Waals surface area contributed by atoms with Crippen molar-refractivity contribution in [2.75, 3.05) is 18.0 Å². The third-order valence-electron chi connectivity index (χ3n) is 3.83. The van der Waals surface area contributed by atoms with Gasteiger partial charge in [0.25, 0.3) is 0 Å². The van der Waals surface area contributed by atoms with E-state index in [2.05, 4.69) is 15.0 Å². The van der Waals surface area contributed by atoms with Crippen molar-refractivity contribution in [3.8, 4) is 0 Å². The first-order valence-electron chi connectivity index (χ1n) is 6.47. The number of aliphatic hydroxyl groups is 1. The Morgan fingerprint density at radius 1 is 1.33 bits per heavy atom. The third kappa shape index (κ3) is 1.95. The Hall–Kier alpha value is -1.62. The molecule has 1 atom stereocenters. The highest BCUT2D eigenvalue weighted by atomic mass is 16.3. The van der Waals surface area contributed by atoms with Crippen LogP contribution in [0.25, 0.3) is 5.52 Å². The van der Waals surface area contributed by atoms with Crippen LogP contribution in [0.1, 0.15) is 19.8 Å². The van der Waals surface area contributed by atoms with E-state index in [9.17, 15) is 5.11 Å². The van der Waals surface area contributed by atoms with E-state index < -0.39 is 0 Å². The lowest BCUT2D eigenvalue weighted by molar-refractivity contribution is 0.110. The topological polar surface area (TPSA) is 53.7 Å². The number of aromatic nitrogens is 3. The van der Waals surface area contributed by atoms with E-state index in [1.807, 2.05) is 23.7 Å². The fourth-order valence-electron chi connectivity index (χ4n) is 2.68. The second-order valence-electron chi connectivity index (χ2n) is 4.98. The summed E-state index contributed by atoms with van der Waals surface area (Å²) >= 11 is 0. The summed E-state index contributed by atoms with van der Waals surface area (Å²) in [7, 11) is 0. The first-order chi connectivity index (χ1) is 8.75. The lowest BCUT2D eigenvalue weighted by atomic mass is 9.92. The van der Waals surface area contributed by atoms with Crippen molar-refractivity contribution in [2.45, 2.75) is 25.9 Å². The van der Waals surface area contributed by atoms with Crippen molar-refractivity contribution >= 4 is 11.3 Å². The highest BCUT2D eigenvalue weighted by molar-refractivity contribution is 5.68. The van der Waals surface area contributed by atoms with E-state index in [4.69, 9.17) is 0 Å². The van der Waals surface area contributed by atoms with Gasteiger partial charge in [0.05, 0.1) is 12.3 Å². The Kier molecular flexibility index (Phi) is 2.91. The summed E-state index contributed by atoms with van der Waals surface area (Å²) in [5.41, 5.74) is 1.05. The molecule has 0 radical (unpaired) electrons. The van der Waals surface area contributed by atoms with Gasteiger partial charge in [-0.05, 0) is 31.7 Å². The summed E-state index contributed by atoms with van der Waals surface area (Å²) in [5.74, 6) is 1.42. The number of rotatable bonds is 2. The maximum atomic E-state index is 9.62. The molecule has 5 heteroatoms. The Balaban J connectivity index is 1.82. The lowest BCUT2D eigenvalue weighted by Crippen LogP contribution is -2.37.